The van der Waals surface area contributed by atoms with Crippen molar-refractivity contribution in [1.82, 2.24) is 0 Å². The molecule has 4 unspecified atom stereocenters. The van der Waals surface area contributed by atoms with Gasteiger partial charge >= 0.3 is 0 Å². The molecule has 31 heavy (non-hydrogen) atoms. The van der Waals surface area contributed by atoms with Crippen molar-refractivity contribution in [2.24, 2.45) is 46.3 Å². The molecule has 6 aliphatic rings. The molecule has 6 saturated carbocycles. The number of rotatable bonds is 7. The van der Waals surface area contributed by atoms with Crippen LogP contribution in [0.3, 0.4) is 0 Å². The molecule has 6 aliphatic carbocycles. The number of allylic oxidation sites excluding steroid dienone is 1. The molecule has 0 aliphatic heterocycles. The van der Waals surface area contributed by atoms with E-state index >= 15 is 0 Å². The van der Waals surface area contributed by atoms with Crippen LogP contribution in [0.4, 0.5) is 0 Å². The molecule has 6 fully saturated rings. The molecule has 0 heterocycles. The minimum Gasteiger partial charge on any atom is -0.127 e. The largest absolute Gasteiger partial charge is 0.172 e. The highest BCUT2D eigenvalue weighted by Crippen LogP contribution is 2.70. The maximum atomic E-state index is 6.12. The van der Waals surface area contributed by atoms with Gasteiger partial charge in [-0.05, 0) is 72.0 Å². The van der Waals surface area contributed by atoms with Crippen molar-refractivity contribution in [1.29, 1.82) is 0 Å². The summed E-state index contributed by atoms with van der Waals surface area (Å²) in [7, 11) is -1.39. The van der Waals surface area contributed by atoms with Crippen LogP contribution in [0.2, 0.25) is 31.3 Å². The van der Waals surface area contributed by atoms with E-state index in [4.69, 9.17) is 11.6 Å². The highest BCUT2D eigenvalue weighted by atomic mass is 35.5. The summed E-state index contributed by atoms with van der Waals surface area (Å²) < 4.78 is 0. The molecule has 0 amide bonds. The normalized spacial score (nSPS) is 43.1. The number of hydrogen-bond donors (Lipinski definition) is 0. The van der Waals surface area contributed by atoms with E-state index in [2.05, 4.69) is 67.3 Å². The van der Waals surface area contributed by atoms with Crippen molar-refractivity contribution < 1.29 is 0 Å². The standard InChI is InChI=1S/C28H50BClSi/c1-18-22-14-20(27(22,3)4)16-24(18)29(26(31(7,8)9)12-10-11-13-30)25-17-21-15-23(19(25)2)28(21,5)6/h12,18-25H,10-11,13-17H2,1-9H3/b26-12-/t18-,19-,20?,21?,22?,23?,24-,25-/m1/s1. The highest BCUT2D eigenvalue weighted by molar-refractivity contribution is 6.99. The van der Waals surface area contributed by atoms with Gasteiger partial charge in [0.15, 0.2) is 6.71 Å². The number of halogens is 1. The van der Waals surface area contributed by atoms with E-state index < -0.39 is 8.07 Å². The van der Waals surface area contributed by atoms with Gasteiger partial charge in [-0.3, -0.25) is 0 Å². The van der Waals surface area contributed by atoms with Gasteiger partial charge in [-0.25, -0.2) is 0 Å². The zero-order chi connectivity index (χ0) is 22.9. The maximum absolute atomic E-state index is 6.12. The zero-order valence-electron chi connectivity index (χ0n) is 22.1. The molecule has 4 bridgehead atoms. The summed E-state index contributed by atoms with van der Waals surface area (Å²) in [5, 5.41) is 1.93. The van der Waals surface area contributed by atoms with Crippen LogP contribution < -0.4 is 0 Å². The second-order valence-corrected chi connectivity index (χ2v) is 20.0. The average Bonchev–Trinajstić information content (AvgIpc) is 2.67. The van der Waals surface area contributed by atoms with Gasteiger partial charge in [0.25, 0.3) is 0 Å². The first-order chi connectivity index (χ1) is 14.3. The molecule has 6 rings (SSSR count). The van der Waals surface area contributed by atoms with Crippen LogP contribution in [-0.2, 0) is 0 Å². The number of fused-ring (bicyclic) bond motifs is 4. The zero-order valence-corrected chi connectivity index (χ0v) is 23.9. The van der Waals surface area contributed by atoms with Crippen molar-refractivity contribution in [2.75, 3.05) is 5.88 Å². The van der Waals surface area contributed by atoms with E-state index in [1.807, 2.05) is 5.10 Å². The van der Waals surface area contributed by atoms with Crippen LogP contribution in [0.5, 0.6) is 0 Å². The van der Waals surface area contributed by atoms with E-state index in [1.165, 1.54) is 32.1 Å². The van der Waals surface area contributed by atoms with E-state index in [0.717, 1.165) is 66.2 Å². The van der Waals surface area contributed by atoms with E-state index in [9.17, 15) is 0 Å². The Balaban J connectivity index is 1.70. The summed E-state index contributed by atoms with van der Waals surface area (Å²) in [6.45, 7) is 24.3. The van der Waals surface area contributed by atoms with Gasteiger partial charge in [0.2, 0.25) is 0 Å². The molecule has 0 N–H and O–H groups in total. The first kappa shape index (κ1) is 24.4. The van der Waals surface area contributed by atoms with Gasteiger partial charge in [0, 0.05) is 5.88 Å². The summed E-state index contributed by atoms with van der Waals surface area (Å²) in [4.78, 5) is 0. The lowest BCUT2D eigenvalue weighted by atomic mass is 9.21. The maximum Gasteiger partial charge on any atom is 0.172 e. The molecule has 0 aromatic rings. The summed E-state index contributed by atoms with van der Waals surface area (Å²) >= 11 is 6.12. The molecule has 176 valence electrons. The predicted octanol–water partition coefficient (Wildman–Crippen LogP) is 8.99. The quantitative estimate of drug-likeness (QED) is 0.202. The van der Waals surface area contributed by atoms with Crippen molar-refractivity contribution in [3.05, 3.63) is 11.2 Å². The Hall–Kier alpha value is 0.312. The average molecular weight is 461 g/mol. The van der Waals surface area contributed by atoms with Crippen molar-refractivity contribution >= 4 is 26.4 Å². The fourth-order valence-corrected chi connectivity index (χ4v) is 11.7. The fourth-order valence-electron chi connectivity index (χ4n) is 9.38. The topological polar surface area (TPSA) is 0 Å². The van der Waals surface area contributed by atoms with Crippen LogP contribution in [0, 0.1) is 46.3 Å². The summed E-state index contributed by atoms with van der Waals surface area (Å²) in [5.41, 5.74) is 1.18. The Bertz CT molecular complexity index is 662. The molecule has 0 nitrogen and oxygen atoms in total. The fraction of sp³-hybridized carbons (Fsp3) is 0.929. The third-order valence-corrected chi connectivity index (χ3v) is 14.2. The monoisotopic (exact) mass is 460 g/mol. The lowest BCUT2D eigenvalue weighted by molar-refractivity contribution is -0.107. The van der Waals surface area contributed by atoms with Gasteiger partial charge in [-0.15, -0.1) is 16.7 Å². The molecule has 0 aromatic carbocycles. The van der Waals surface area contributed by atoms with E-state index in [1.54, 1.807) is 0 Å². The van der Waals surface area contributed by atoms with Crippen molar-refractivity contribution in [3.63, 3.8) is 0 Å². The Labute approximate surface area is 200 Å². The highest BCUT2D eigenvalue weighted by Gasteiger charge is 2.63. The lowest BCUT2D eigenvalue weighted by Gasteiger charge is -2.67. The first-order valence-electron chi connectivity index (χ1n) is 13.6. The first-order valence-corrected chi connectivity index (χ1v) is 17.6. The molecule has 0 aromatic heterocycles. The Morgan fingerprint density at radius 1 is 0.871 bits per heavy atom. The van der Waals surface area contributed by atoms with Gasteiger partial charge in [-0.2, -0.15) is 0 Å². The van der Waals surface area contributed by atoms with E-state index in [-0.39, 0.29) is 0 Å². The summed E-state index contributed by atoms with van der Waals surface area (Å²) in [6, 6.07) is 0. The summed E-state index contributed by atoms with van der Waals surface area (Å²) in [5.74, 6) is 8.25. The second-order valence-electron chi connectivity index (χ2n) is 14.5. The molecular weight excluding hydrogens is 411 g/mol. The molecule has 0 spiro atoms. The molecule has 0 radical (unpaired) electrons. The molecular formula is C28H50BClSi. The van der Waals surface area contributed by atoms with Gasteiger partial charge < -0.3 is 0 Å². The third-order valence-electron chi connectivity index (χ3n) is 11.7. The van der Waals surface area contributed by atoms with Gasteiger partial charge in [0.1, 0.15) is 0 Å². The van der Waals surface area contributed by atoms with Crippen molar-refractivity contribution in [3.8, 4) is 0 Å². The second kappa shape index (κ2) is 8.21. The predicted molar refractivity (Wildman–Crippen MR) is 143 cm³/mol. The smallest absolute Gasteiger partial charge is 0.127 e. The molecule has 8 atom stereocenters. The molecule has 3 heteroatoms. The van der Waals surface area contributed by atoms with E-state index in [0.29, 0.717) is 10.8 Å². The third kappa shape index (κ3) is 3.86. The van der Waals surface area contributed by atoms with Crippen LogP contribution in [0.25, 0.3) is 0 Å². The minimum atomic E-state index is -1.39. The van der Waals surface area contributed by atoms with Crippen LogP contribution in [-0.4, -0.2) is 20.7 Å². The van der Waals surface area contributed by atoms with Gasteiger partial charge in [0.05, 0.1) is 8.07 Å². The van der Waals surface area contributed by atoms with Crippen LogP contribution >= 0.6 is 11.6 Å². The summed E-state index contributed by atoms with van der Waals surface area (Å²) in [6.07, 6.45) is 11.1. The van der Waals surface area contributed by atoms with Gasteiger partial charge in [-0.1, -0.05) is 91.7 Å². The number of hydrogen-bond acceptors (Lipinski definition) is 0. The Morgan fingerprint density at radius 2 is 1.32 bits per heavy atom. The van der Waals surface area contributed by atoms with Crippen LogP contribution in [0.1, 0.15) is 80.1 Å². The number of alkyl halides is 1. The number of unbranched alkanes of at least 4 members (excludes halogenated alkanes) is 1. The molecule has 0 saturated heterocycles. The SMILES string of the molecule is C[C@@H]1C2CC(C[C@H]1B(/C(=C/CCCCl)[Si](C)(C)C)[C@@H]1CC3CC([C@H]1C)C3(C)C)C2(C)C. The lowest BCUT2D eigenvalue weighted by Crippen LogP contribution is -2.61. The van der Waals surface area contributed by atoms with Crippen LogP contribution in [0.15, 0.2) is 11.2 Å². The Morgan fingerprint density at radius 3 is 1.65 bits per heavy atom. The van der Waals surface area contributed by atoms with Crippen molar-refractivity contribution in [2.45, 2.75) is 111 Å². The Kier molecular flexibility index (Phi) is 6.47. The minimum absolute atomic E-state index is 0.588.